The second kappa shape index (κ2) is 8.26. The standard InChI is InChI=1S/C22H23F3N4O4S/c1-3-28(4-2)18-12-14(9-10-26-18)11-15-13-21(15)19(30)29(20(31)27-21)16-5-7-17(8-6-16)34(32,33)22(23,24)25/h5-10,12,15H,3-4,11,13H2,1-2H3,(H,27,31). The molecule has 0 bridgehead atoms. The van der Waals surface area contributed by atoms with Gasteiger partial charge in [-0.15, -0.1) is 0 Å². The van der Waals surface area contributed by atoms with E-state index in [1.54, 1.807) is 6.20 Å². The van der Waals surface area contributed by atoms with Gasteiger partial charge in [0.15, 0.2) is 0 Å². The van der Waals surface area contributed by atoms with Gasteiger partial charge in [0.2, 0.25) is 0 Å². The quantitative estimate of drug-likeness (QED) is 0.591. The maximum Gasteiger partial charge on any atom is 0.501 e. The van der Waals surface area contributed by atoms with Crippen molar-refractivity contribution in [2.24, 2.45) is 5.92 Å². The Labute approximate surface area is 194 Å². The molecule has 2 aliphatic rings. The topological polar surface area (TPSA) is 99.7 Å². The second-order valence-electron chi connectivity index (χ2n) is 8.28. The first kappa shape index (κ1) is 24.0. The number of sulfone groups is 1. The van der Waals surface area contributed by atoms with Crippen LogP contribution in [-0.4, -0.2) is 49.5 Å². The lowest BCUT2D eigenvalue weighted by Crippen LogP contribution is -2.35. The van der Waals surface area contributed by atoms with Crippen molar-refractivity contribution in [3.05, 3.63) is 48.2 Å². The van der Waals surface area contributed by atoms with E-state index in [1.807, 2.05) is 26.0 Å². The molecule has 1 N–H and O–H groups in total. The zero-order valence-electron chi connectivity index (χ0n) is 18.5. The molecule has 1 spiro atoms. The molecular formula is C22H23F3N4O4S. The lowest BCUT2D eigenvalue weighted by Gasteiger charge is -2.20. The molecule has 1 saturated carbocycles. The Morgan fingerprint density at radius 2 is 1.79 bits per heavy atom. The molecular weight excluding hydrogens is 473 g/mol. The number of hydrogen-bond acceptors (Lipinski definition) is 6. The molecule has 182 valence electrons. The van der Waals surface area contributed by atoms with Crippen LogP contribution in [0.1, 0.15) is 25.8 Å². The summed E-state index contributed by atoms with van der Waals surface area (Å²) < 4.78 is 61.4. The minimum absolute atomic E-state index is 0.00104. The predicted octanol–water partition coefficient (Wildman–Crippen LogP) is 3.28. The first-order valence-corrected chi connectivity index (χ1v) is 12.2. The van der Waals surface area contributed by atoms with Gasteiger partial charge in [-0.1, -0.05) is 0 Å². The fourth-order valence-electron chi connectivity index (χ4n) is 4.32. The largest absolute Gasteiger partial charge is 0.501 e. The molecule has 2 unspecified atom stereocenters. The number of carbonyl (C=O) groups is 2. The van der Waals surface area contributed by atoms with Crippen molar-refractivity contribution in [2.75, 3.05) is 22.9 Å². The van der Waals surface area contributed by atoms with E-state index in [2.05, 4.69) is 15.2 Å². The minimum atomic E-state index is -5.52. The SMILES string of the molecule is CCN(CC)c1cc(CC2CC23NC(=O)N(c2ccc(S(=O)(=O)C(F)(F)F)cc2)C3=O)ccn1. The van der Waals surface area contributed by atoms with Crippen LogP contribution in [0.2, 0.25) is 0 Å². The van der Waals surface area contributed by atoms with Gasteiger partial charge in [-0.05, 0) is 74.6 Å². The van der Waals surface area contributed by atoms with Crippen molar-refractivity contribution in [3.63, 3.8) is 0 Å². The van der Waals surface area contributed by atoms with Crippen LogP contribution in [0.25, 0.3) is 0 Å². The molecule has 2 atom stereocenters. The van der Waals surface area contributed by atoms with Crippen molar-refractivity contribution >= 4 is 33.3 Å². The summed E-state index contributed by atoms with van der Waals surface area (Å²) in [5.41, 5.74) is -5.55. The van der Waals surface area contributed by atoms with E-state index in [0.29, 0.717) is 12.8 Å². The summed E-state index contributed by atoms with van der Waals surface area (Å²) in [5, 5.41) is 2.71. The smallest absolute Gasteiger partial charge is 0.357 e. The number of benzene rings is 1. The van der Waals surface area contributed by atoms with E-state index < -0.39 is 37.7 Å². The molecule has 34 heavy (non-hydrogen) atoms. The Bertz CT molecular complexity index is 1230. The van der Waals surface area contributed by atoms with Gasteiger partial charge in [0, 0.05) is 19.3 Å². The number of nitrogens with one attached hydrogen (secondary N) is 1. The third kappa shape index (κ3) is 3.89. The number of imide groups is 1. The number of aromatic nitrogens is 1. The van der Waals surface area contributed by atoms with Crippen LogP contribution in [-0.2, 0) is 21.1 Å². The van der Waals surface area contributed by atoms with Crippen molar-refractivity contribution in [2.45, 2.75) is 42.6 Å². The number of anilines is 2. The second-order valence-corrected chi connectivity index (χ2v) is 10.2. The molecule has 4 rings (SSSR count). The van der Waals surface area contributed by atoms with E-state index >= 15 is 0 Å². The van der Waals surface area contributed by atoms with Gasteiger partial charge < -0.3 is 10.2 Å². The Balaban J connectivity index is 1.51. The molecule has 1 aromatic carbocycles. The van der Waals surface area contributed by atoms with E-state index in [1.165, 1.54) is 0 Å². The van der Waals surface area contributed by atoms with Crippen LogP contribution >= 0.6 is 0 Å². The van der Waals surface area contributed by atoms with Crippen LogP contribution in [0.5, 0.6) is 0 Å². The summed E-state index contributed by atoms with van der Waals surface area (Å²) in [7, 11) is -5.52. The summed E-state index contributed by atoms with van der Waals surface area (Å²) in [4.78, 5) is 32.1. The summed E-state index contributed by atoms with van der Waals surface area (Å²) in [6.45, 7) is 5.65. The number of nitrogens with zero attached hydrogens (tertiary/aromatic N) is 3. The van der Waals surface area contributed by atoms with E-state index in [9.17, 15) is 31.2 Å². The molecule has 1 aliphatic carbocycles. The van der Waals surface area contributed by atoms with Gasteiger partial charge >= 0.3 is 11.5 Å². The number of rotatable bonds is 7. The van der Waals surface area contributed by atoms with Gasteiger partial charge in [-0.2, -0.15) is 13.2 Å². The average Bonchev–Trinajstić information content (AvgIpc) is 3.40. The highest BCUT2D eigenvalue weighted by molar-refractivity contribution is 7.92. The molecule has 1 aliphatic heterocycles. The molecule has 8 nitrogen and oxygen atoms in total. The average molecular weight is 497 g/mol. The third-order valence-corrected chi connectivity index (χ3v) is 7.81. The fraction of sp³-hybridized carbons (Fsp3) is 0.409. The monoisotopic (exact) mass is 496 g/mol. The molecule has 2 heterocycles. The van der Waals surface area contributed by atoms with E-state index in [-0.39, 0.29) is 11.6 Å². The summed E-state index contributed by atoms with van der Waals surface area (Å²) in [6.07, 6.45) is 2.67. The predicted molar refractivity (Wildman–Crippen MR) is 118 cm³/mol. The maximum absolute atomic E-state index is 13.1. The van der Waals surface area contributed by atoms with Crippen LogP contribution in [0.3, 0.4) is 0 Å². The number of urea groups is 1. The highest BCUT2D eigenvalue weighted by Crippen LogP contribution is 2.50. The fourth-order valence-corrected chi connectivity index (χ4v) is 5.08. The van der Waals surface area contributed by atoms with Crippen LogP contribution in [0.4, 0.5) is 29.5 Å². The lowest BCUT2D eigenvalue weighted by molar-refractivity contribution is -0.119. The Hall–Kier alpha value is -3.15. The zero-order valence-corrected chi connectivity index (χ0v) is 19.3. The van der Waals surface area contributed by atoms with E-state index in [0.717, 1.165) is 53.6 Å². The van der Waals surface area contributed by atoms with Gasteiger partial charge in [-0.3, -0.25) is 4.79 Å². The number of halogens is 3. The molecule has 2 aromatic rings. The highest BCUT2D eigenvalue weighted by atomic mass is 32.2. The van der Waals surface area contributed by atoms with Crippen molar-refractivity contribution < 1.29 is 31.2 Å². The lowest BCUT2D eigenvalue weighted by atomic mass is 10.1. The summed E-state index contributed by atoms with van der Waals surface area (Å²) in [5.74, 6) is 0.173. The Morgan fingerprint density at radius 1 is 1.15 bits per heavy atom. The maximum atomic E-state index is 13.1. The molecule has 1 aromatic heterocycles. The molecule has 2 fully saturated rings. The molecule has 12 heteroatoms. The van der Waals surface area contributed by atoms with Crippen molar-refractivity contribution in [1.29, 1.82) is 0 Å². The summed E-state index contributed by atoms with van der Waals surface area (Å²) >= 11 is 0. The highest BCUT2D eigenvalue weighted by Gasteiger charge is 2.67. The van der Waals surface area contributed by atoms with Crippen LogP contribution in [0, 0.1) is 5.92 Å². The van der Waals surface area contributed by atoms with E-state index in [4.69, 9.17) is 0 Å². The van der Waals surface area contributed by atoms with Gasteiger partial charge in [0.05, 0.1) is 10.6 Å². The van der Waals surface area contributed by atoms with Crippen LogP contribution in [0.15, 0.2) is 47.5 Å². The van der Waals surface area contributed by atoms with Crippen molar-refractivity contribution in [1.82, 2.24) is 10.3 Å². The molecule has 1 saturated heterocycles. The van der Waals surface area contributed by atoms with Crippen LogP contribution < -0.4 is 15.1 Å². The normalized spacial score (nSPS) is 22.3. The third-order valence-electron chi connectivity index (χ3n) is 6.31. The molecule has 3 amide bonds. The Kier molecular flexibility index (Phi) is 5.83. The number of hydrogen-bond donors (Lipinski definition) is 1. The Morgan fingerprint density at radius 3 is 2.38 bits per heavy atom. The van der Waals surface area contributed by atoms with Gasteiger partial charge in [0.1, 0.15) is 11.4 Å². The van der Waals surface area contributed by atoms with Crippen molar-refractivity contribution in [3.8, 4) is 0 Å². The number of pyridine rings is 1. The number of carbonyl (C=O) groups excluding carboxylic acids is 2. The number of amides is 3. The van der Waals surface area contributed by atoms with Gasteiger partial charge in [-0.25, -0.2) is 23.1 Å². The number of alkyl halides is 3. The van der Waals surface area contributed by atoms with Gasteiger partial charge in [0.25, 0.3) is 15.7 Å². The summed E-state index contributed by atoms with van der Waals surface area (Å²) in [6, 6.07) is 6.63. The zero-order chi connectivity index (χ0) is 24.9. The molecule has 0 radical (unpaired) electrons. The first-order valence-electron chi connectivity index (χ1n) is 10.7. The minimum Gasteiger partial charge on any atom is -0.357 e. The first-order chi connectivity index (χ1) is 15.9.